The highest BCUT2D eigenvalue weighted by molar-refractivity contribution is 6.42. The van der Waals surface area contributed by atoms with E-state index in [0.29, 0.717) is 16.5 Å². The van der Waals surface area contributed by atoms with E-state index < -0.39 is 0 Å². The number of amides is 1. The Morgan fingerprint density at radius 3 is 2.44 bits per heavy atom. The summed E-state index contributed by atoms with van der Waals surface area (Å²) >= 11 is 12.6. The summed E-state index contributed by atoms with van der Waals surface area (Å²) in [6.45, 7) is 5.24. The molecule has 4 nitrogen and oxygen atoms in total. The smallest absolute Gasteiger partial charge is 0.223 e. The number of para-hydroxylation sites is 2. The van der Waals surface area contributed by atoms with Crippen molar-refractivity contribution in [3.05, 3.63) is 99.7 Å². The lowest BCUT2D eigenvalue weighted by atomic mass is 9.87. The molecule has 1 aliphatic rings. The fraction of sp³-hybridized carbons (Fsp3) is 0.250. The Morgan fingerprint density at radius 2 is 1.68 bits per heavy atom. The van der Waals surface area contributed by atoms with Gasteiger partial charge in [0.05, 0.1) is 10.0 Å². The molecule has 1 saturated heterocycles. The molecule has 1 aliphatic heterocycles. The van der Waals surface area contributed by atoms with Crippen LogP contribution in [0.5, 0.6) is 0 Å². The summed E-state index contributed by atoms with van der Waals surface area (Å²) in [6, 6.07) is 22.3. The lowest BCUT2D eigenvalue weighted by Gasteiger charge is -2.37. The summed E-state index contributed by atoms with van der Waals surface area (Å²) in [5.41, 5.74) is 5.66. The number of hydrogen-bond acceptors (Lipinski definition) is 2. The lowest BCUT2D eigenvalue weighted by molar-refractivity contribution is -0.131. The number of aromatic amines is 1. The summed E-state index contributed by atoms with van der Waals surface area (Å²) in [5, 5.41) is 2.14. The summed E-state index contributed by atoms with van der Waals surface area (Å²) in [6.07, 6.45) is 2.39. The average molecular weight is 492 g/mol. The number of fused-ring (bicyclic) bond motifs is 1. The van der Waals surface area contributed by atoms with Crippen LogP contribution < -0.4 is 4.90 Å². The molecule has 1 atom stereocenters. The molecular weight excluding hydrogens is 465 g/mol. The molecule has 2 heterocycles. The van der Waals surface area contributed by atoms with E-state index in [9.17, 15) is 4.79 Å². The van der Waals surface area contributed by atoms with Crippen molar-refractivity contribution in [2.45, 2.75) is 19.3 Å². The Bertz CT molecular complexity index is 1320. The Labute approximate surface area is 210 Å². The van der Waals surface area contributed by atoms with Gasteiger partial charge in [-0.15, -0.1) is 0 Å². The standard InChI is InChI=1S/C28H27Cl2N3O/c1-19-6-2-5-9-27(19)32-12-14-33(15-13-32)28(34)17-22(20-10-11-24(29)25(30)16-20)23-18-31-26-8-4-3-7-21(23)26/h2-11,16,18,22,31H,12-15,17H2,1H3/t22-/m1/s1. The zero-order valence-electron chi connectivity index (χ0n) is 19.1. The molecule has 0 radical (unpaired) electrons. The first kappa shape index (κ1) is 22.8. The predicted molar refractivity (Wildman–Crippen MR) is 141 cm³/mol. The van der Waals surface area contributed by atoms with Crippen LogP contribution in [-0.4, -0.2) is 42.0 Å². The van der Waals surface area contributed by atoms with Gasteiger partial charge in [-0.2, -0.15) is 0 Å². The second-order valence-electron chi connectivity index (χ2n) is 8.87. The maximum Gasteiger partial charge on any atom is 0.223 e. The number of H-pyrrole nitrogens is 1. The van der Waals surface area contributed by atoms with Gasteiger partial charge in [0.25, 0.3) is 0 Å². The number of piperazine rings is 1. The molecule has 174 valence electrons. The van der Waals surface area contributed by atoms with Gasteiger partial charge in [-0.3, -0.25) is 4.79 Å². The van der Waals surface area contributed by atoms with Crippen molar-refractivity contribution in [2.75, 3.05) is 31.1 Å². The fourth-order valence-electron chi connectivity index (χ4n) is 4.94. The van der Waals surface area contributed by atoms with E-state index in [1.54, 1.807) is 0 Å². The third-order valence-corrected chi connectivity index (χ3v) is 7.55. The van der Waals surface area contributed by atoms with Gasteiger partial charge in [-0.05, 0) is 47.9 Å². The number of carbonyl (C=O) groups is 1. The summed E-state index contributed by atoms with van der Waals surface area (Å²) in [5.74, 6) is 0.0404. The van der Waals surface area contributed by atoms with Gasteiger partial charge in [0.15, 0.2) is 0 Å². The van der Waals surface area contributed by atoms with Crippen molar-refractivity contribution in [3.8, 4) is 0 Å². The quantitative estimate of drug-likeness (QED) is 0.339. The molecule has 4 aromatic rings. The number of benzene rings is 3. The molecule has 1 fully saturated rings. The topological polar surface area (TPSA) is 39.3 Å². The van der Waals surface area contributed by atoms with E-state index in [2.05, 4.69) is 53.2 Å². The summed E-state index contributed by atoms with van der Waals surface area (Å²) in [4.78, 5) is 21.2. The molecular formula is C28H27Cl2N3O. The van der Waals surface area contributed by atoms with Crippen LogP contribution >= 0.6 is 23.2 Å². The number of halogens is 2. The van der Waals surface area contributed by atoms with Gasteiger partial charge < -0.3 is 14.8 Å². The molecule has 0 saturated carbocycles. The first-order valence-corrected chi connectivity index (χ1v) is 12.4. The third-order valence-electron chi connectivity index (χ3n) is 6.81. The van der Waals surface area contributed by atoms with Gasteiger partial charge in [0.1, 0.15) is 0 Å². The Balaban J connectivity index is 1.38. The molecule has 0 bridgehead atoms. The Morgan fingerprint density at radius 1 is 0.941 bits per heavy atom. The maximum atomic E-state index is 13.5. The van der Waals surface area contributed by atoms with Gasteiger partial charge in [0, 0.05) is 61.3 Å². The average Bonchev–Trinajstić information content (AvgIpc) is 3.28. The fourth-order valence-corrected chi connectivity index (χ4v) is 5.24. The number of rotatable bonds is 5. The lowest BCUT2D eigenvalue weighted by Crippen LogP contribution is -2.49. The largest absolute Gasteiger partial charge is 0.368 e. The number of anilines is 1. The SMILES string of the molecule is Cc1ccccc1N1CCN(C(=O)C[C@H](c2ccc(Cl)c(Cl)c2)c2c[nH]c3ccccc23)CC1. The molecule has 0 unspecified atom stereocenters. The van der Waals surface area contributed by atoms with Crippen molar-refractivity contribution in [2.24, 2.45) is 0 Å². The molecule has 0 aliphatic carbocycles. The highest BCUT2D eigenvalue weighted by Gasteiger charge is 2.27. The van der Waals surface area contributed by atoms with Crippen molar-refractivity contribution < 1.29 is 4.79 Å². The van der Waals surface area contributed by atoms with Crippen LogP contribution in [0.25, 0.3) is 10.9 Å². The number of aromatic nitrogens is 1. The highest BCUT2D eigenvalue weighted by Crippen LogP contribution is 2.36. The monoisotopic (exact) mass is 491 g/mol. The minimum absolute atomic E-state index is 0.118. The maximum absolute atomic E-state index is 13.5. The van der Waals surface area contributed by atoms with Crippen LogP contribution in [0, 0.1) is 6.92 Å². The molecule has 1 N–H and O–H groups in total. The number of hydrogen-bond donors (Lipinski definition) is 1. The minimum atomic E-state index is -0.118. The molecule has 3 aromatic carbocycles. The van der Waals surface area contributed by atoms with Gasteiger partial charge in [0.2, 0.25) is 5.91 Å². The van der Waals surface area contributed by atoms with E-state index in [-0.39, 0.29) is 11.8 Å². The third kappa shape index (κ3) is 4.53. The zero-order valence-corrected chi connectivity index (χ0v) is 20.6. The number of carbonyl (C=O) groups excluding carboxylic acids is 1. The van der Waals surface area contributed by atoms with Crippen molar-refractivity contribution in [1.82, 2.24) is 9.88 Å². The van der Waals surface area contributed by atoms with Crippen LogP contribution in [0.1, 0.15) is 29.0 Å². The molecule has 5 rings (SSSR count). The molecule has 6 heteroatoms. The van der Waals surface area contributed by atoms with Crippen LogP contribution in [-0.2, 0) is 4.79 Å². The molecule has 0 spiro atoms. The number of nitrogens with zero attached hydrogens (tertiary/aromatic N) is 2. The molecule has 34 heavy (non-hydrogen) atoms. The first-order chi connectivity index (χ1) is 16.5. The van der Waals surface area contributed by atoms with Crippen LogP contribution in [0.15, 0.2) is 72.9 Å². The van der Waals surface area contributed by atoms with E-state index in [0.717, 1.165) is 48.2 Å². The summed E-state index contributed by atoms with van der Waals surface area (Å²) in [7, 11) is 0. The van der Waals surface area contributed by atoms with E-state index in [4.69, 9.17) is 23.2 Å². The minimum Gasteiger partial charge on any atom is -0.368 e. The second-order valence-corrected chi connectivity index (χ2v) is 9.69. The van der Waals surface area contributed by atoms with Crippen LogP contribution in [0.3, 0.4) is 0 Å². The Hall–Kier alpha value is -2.95. The highest BCUT2D eigenvalue weighted by atomic mass is 35.5. The predicted octanol–water partition coefficient (Wildman–Crippen LogP) is 6.65. The second kappa shape index (κ2) is 9.73. The summed E-state index contributed by atoms with van der Waals surface area (Å²) < 4.78 is 0. The normalized spacial score (nSPS) is 15.0. The van der Waals surface area contributed by atoms with Crippen LogP contribution in [0.4, 0.5) is 5.69 Å². The van der Waals surface area contributed by atoms with Crippen molar-refractivity contribution in [3.63, 3.8) is 0 Å². The molecule has 1 amide bonds. The van der Waals surface area contributed by atoms with E-state index in [1.807, 2.05) is 41.4 Å². The first-order valence-electron chi connectivity index (χ1n) is 11.6. The molecule has 1 aromatic heterocycles. The van der Waals surface area contributed by atoms with E-state index >= 15 is 0 Å². The van der Waals surface area contributed by atoms with Gasteiger partial charge in [-0.1, -0.05) is 65.7 Å². The number of aryl methyl sites for hydroxylation is 1. The van der Waals surface area contributed by atoms with Crippen molar-refractivity contribution in [1.29, 1.82) is 0 Å². The zero-order chi connectivity index (χ0) is 23.7. The van der Waals surface area contributed by atoms with Crippen LogP contribution in [0.2, 0.25) is 10.0 Å². The Kier molecular flexibility index (Phi) is 6.53. The van der Waals surface area contributed by atoms with Gasteiger partial charge in [-0.25, -0.2) is 0 Å². The number of nitrogens with one attached hydrogen (secondary N) is 1. The van der Waals surface area contributed by atoms with Gasteiger partial charge >= 0.3 is 0 Å². The van der Waals surface area contributed by atoms with E-state index in [1.165, 1.54) is 11.3 Å². The van der Waals surface area contributed by atoms with Crippen molar-refractivity contribution >= 4 is 45.7 Å².